The fourth-order valence-corrected chi connectivity index (χ4v) is 4.07. The second-order valence-electron chi connectivity index (χ2n) is 7.39. The average molecular weight is 378 g/mol. The number of benzene rings is 2. The number of carbonyl (C=O) groups is 1. The Bertz CT molecular complexity index is 876. The van der Waals surface area contributed by atoms with E-state index in [4.69, 9.17) is 9.47 Å². The van der Waals surface area contributed by atoms with Gasteiger partial charge in [0.1, 0.15) is 18.0 Å². The third-order valence-corrected chi connectivity index (χ3v) is 5.50. The summed E-state index contributed by atoms with van der Waals surface area (Å²) in [7, 11) is 0. The second-order valence-corrected chi connectivity index (χ2v) is 7.39. The van der Waals surface area contributed by atoms with Crippen LogP contribution in [0.15, 0.2) is 61.2 Å². The number of fused-ring (bicyclic) bond motifs is 1. The largest absolute Gasteiger partial charge is 0.489 e. The van der Waals surface area contributed by atoms with Crippen LogP contribution in [0.2, 0.25) is 0 Å². The van der Waals surface area contributed by atoms with E-state index < -0.39 is 5.66 Å². The minimum atomic E-state index is -0.755. The van der Waals surface area contributed by atoms with Crippen molar-refractivity contribution < 1.29 is 14.3 Å². The lowest BCUT2D eigenvalue weighted by atomic mass is 9.92. The molecule has 28 heavy (non-hydrogen) atoms. The molecule has 1 fully saturated rings. The highest BCUT2D eigenvalue weighted by Crippen LogP contribution is 2.41. The Balaban J connectivity index is 1.79. The second kappa shape index (κ2) is 7.68. The van der Waals surface area contributed by atoms with Crippen molar-refractivity contribution in [1.82, 2.24) is 4.90 Å². The summed E-state index contributed by atoms with van der Waals surface area (Å²) in [6.45, 7) is 7.47. The predicted octanol–water partition coefficient (Wildman–Crippen LogP) is 4.17. The first-order chi connectivity index (χ1) is 13.6. The van der Waals surface area contributed by atoms with Crippen LogP contribution in [-0.4, -0.2) is 36.7 Å². The molecule has 0 radical (unpaired) electrons. The minimum absolute atomic E-state index is 0.00544. The third kappa shape index (κ3) is 3.27. The SMILES string of the molecule is C=CCOc1ccccc1C1(C)Nc2ccccc2C(=O)N1CC1CCCO1. The number of ether oxygens (including phenoxy) is 2. The van der Waals surface area contributed by atoms with Gasteiger partial charge in [0.25, 0.3) is 5.91 Å². The summed E-state index contributed by atoms with van der Waals surface area (Å²) in [5.74, 6) is 0.743. The third-order valence-electron chi connectivity index (χ3n) is 5.50. The molecule has 2 aliphatic rings. The molecule has 0 aromatic heterocycles. The van der Waals surface area contributed by atoms with Crippen molar-refractivity contribution in [2.45, 2.75) is 31.5 Å². The first-order valence-electron chi connectivity index (χ1n) is 9.77. The molecule has 0 spiro atoms. The number of hydrogen-bond donors (Lipinski definition) is 1. The van der Waals surface area contributed by atoms with Gasteiger partial charge in [-0.15, -0.1) is 0 Å². The van der Waals surface area contributed by atoms with Gasteiger partial charge in [0.15, 0.2) is 0 Å². The topological polar surface area (TPSA) is 50.8 Å². The van der Waals surface area contributed by atoms with Crippen molar-refractivity contribution in [2.24, 2.45) is 0 Å². The summed E-state index contributed by atoms with van der Waals surface area (Å²) in [4.78, 5) is 15.4. The summed E-state index contributed by atoms with van der Waals surface area (Å²) in [5.41, 5.74) is 1.67. The van der Waals surface area contributed by atoms with Crippen LogP contribution in [0.5, 0.6) is 5.75 Å². The maximum Gasteiger partial charge on any atom is 0.258 e. The maximum atomic E-state index is 13.5. The highest BCUT2D eigenvalue weighted by molar-refractivity contribution is 6.02. The lowest BCUT2D eigenvalue weighted by Gasteiger charge is -2.47. The molecule has 2 atom stereocenters. The van der Waals surface area contributed by atoms with E-state index in [0.29, 0.717) is 18.7 Å². The van der Waals surface area contributed by atoms with Crippen molar-refractivity contribution in [3.05, 3.63) is 72.3 Å². The molecule has 146 valence electrons. The molecule has 0 saturated carbocycles. The minimum Gasteiger partial charge on any atom is -0.489 e. The van der Waals surface area contributed by atoms with Gasteiger partial charge in [0.05, 0.1) is 11.7 Å². The van der Waals surface area contributed by atoms with E-state index in [0.717, 1.165) is 36.4 Å². The fourth-order valence-electron chi connectivity index (χ4n) is 4.07. The molecule has 1 saturated heterocycles. The Kier molecular flexibility index (Phi) is 5.09. The summed E-state index contributed by atoms with van der Waals surface area (Å²) < 4.78 is 11.8. The number of amides is 1. The van der Waals surface area contributed by atoms with Gasteiger partial charge in [-0.2, -0.15) is 0 Å². The molecule has 5 nitrogen and oxygen atoms in total. The molecule has 0 aliphatic carbocycles. The van der Waals surface area contributed by atoms with E-state index in [1.165, 1.54) is 0 Å². The van der Waals surface area contributed by atoms with Crippen LogP contribution in [0.25, 0.3) is 0 Å². The Hall–Kier alpha value is -2.79. The molecule has 2 aromatic carbocycles. The molecule has 4 rings (SSSR count). The number of nitrogens with one attached hydrogen (secondary N) is 1. The number of para-hydroxylation sites is 2. The Morgan fingerprint density at radius 1 is 1.29 bits per heavy atom. The number of hydrogen-bond acceptors (Lipinski definition) is 4. The fraction of sp³-hybridized carbons (Fsp3) is 0.348. The maximum absolute atomic E-state index is 13.5. The van der Waals surface area contributed by atoms with E-state index in [-0.39, 0.29) is 12.0 Å². The van der Waals surface area contributed by atoms with Gasteiger partial charge in [-0.1, -0.05) is 43.0 Å². The van der Waals surface area contributed by atoms with Gasteiger partial charge in [0, 0.05) is 24.4 Å². The quantitative estimate of drug-likeness (QED) is 0.767. The van der Waals surface area contributed by atoms with Gasteiger partial charge in [-0.05, 0) is 38.0 Å². The van der Waals surface area contributed by atoms with Crippen molar-refractivity contribution in [1.29, 1.82) is 0 Å². The number of nitrogens with zero attached hydrogens (tertiary/aromatic N) is 1. The summed E-state index contributed by atoms with van der Waals surface area (Å²) in [5, 5.41) is 3.60. The molecule has 1 N–H and O–H groups in total. The molecule has 2 heterocycles. The Morgan fingerprint density at radius 2 is 2.07 bits per heavy atom. The monoisotopic (exact) mass is 378 g/mol. The molecule has 2 aliphatic heterocycles. The predicted molar refractivity (Wildman–Crippen MR) is 110 cm³/mol. The van der Waals surface area contributed by atoms with Gasteiger partial charge < -0.3 is 19.7 Å². The van der Waals surface area contributed by atoms with Crippen LogP contribution >= 0.6 is 0 Å². The van der Waals surface area contributed by atoms with Crippen molar-refractivity contribution in [3.63, 3.8) is 0 Å². The van der Waals surface area contributed by atoms with E-state index in [1.807, 2.05) is 60.4 Å². The van der Waals surface area contributed by atoms with E-state index in [1.54, 1.807) is 6.08 Å². The molecular formula is C23H26N2O3. The van der Waals surface area contributed by atoms with E-state index in [2.05, 4.69) is 11.9 Å². The van der Waals surface area contributed by atoms with Gasteiger partial charge in [0.2, 0.25) is 0 Å². The molecule has 2 aromatic rings. The molecule has 0 bridgehead atoms. The molecule has 5 heteroatoms. The van der Waals surface area contributed by atoms with Gasteiger partial charge >= 0.3 is 0 Å². The number of anilines is 1. The first-order valence-corrected chi connectivity index (χ1v) is 9.77. The van der Waals surface area contributed by atoms with Crippen molar-refractivity contribution >= 4 is 11.6 Å². The van der Waals surface area contributed by atoms with E-state index in [9.17, 15) is 4.79 Å². The van der Waals surface area contributed by atoms with Crippen LogP contribution in [0.1, 0.15) is 35.7 Å². The average Bonchev–Trinajstić information content (AvgIpc) is 3.23. The number of rotatable bonds is 6. The molecular weight excluding hydrogens is 352 g/mol. The Morgan fingerprint density at radius 3 is 2.86 bits per heavy atom. The standard InChI is InChI=1S/C23H26N2O3/c1-3-14-28-21-13-7-5-11-19(21)23(2)24-20-12-6-4-10-18(20)22(26)25(23)16-17-9-8-15-27-17/h3-7,10-13,17,24H,1,8-9,14-16H2,2H3. The zero-order valence-electron chi connectivity index (χ0n) is 16.2. The number of carbonyl (C=O) groups excluding carboxylic acids is 1. The van der Waals surface area contributed by atoms with Crippen molar-refractivity contribution in [3.8, 4) is 5.75 Å². The Labute approximate surface area is 165 Å². The van der Waals surface area contributed by atoms with E-state index >= 15 is 0 Å². The lowest BCUT2D eigenvalue weighted by Crippen LogP contribution is -2.57. The highest BCUT2D eigenvalue weighted by atomic mass is 16.5. The van der Waals surface area contributed by atoms with Crippen LogP contribution in [0, 0.1) is 0 Å². The van der Waals surface area contributed by atoms with Crippen LogP contribution < -0.4 is 10.1 Å². The summed E-state index contributed by atoms with van der Waals surface area (Å²) >= 11 is 0. The smallest absolute Gasteiger partial charge is 0.258 e. The zero-order chi connectivity index (χ0) is 19.6. The van der Waals surface area contributed by atoms with Crippen LogP contribution in [0.4, 0.5) is 5.69 Å². The molecule has 2 unspecified atom stereocenters. The molecule has 1 amide bonds. The van der Waals surface area contributed by atoms with Gasteiger partial charge in [-0.25, -0.2) is 0 Å². The lowest BCUT2D eigenvalue weighted by molar-refractivity contribution is 0.0237. The normalized spacial score (nSPS) is 23.8. The first kappa shape index (κ1) is 18.6. The summed E-state index contributed by atoms with van der Waals surface area (Å²) in [6, 6.07) is 15.5. The summed E-state index contributed by atoms with van der Waals surface area (Å²) in [6.07, 6.45) is 3.78. The van der Waals surface area contributed by atoms with Gasteiger partial charge in [-0.3, -0.25) is 4.79 Å². The highest BCUT2D eigenvalue weighted by Gasteiger charge is 2.45. The van der Waals surface area contributed by atoms with Crippen LogP contribution in [0.3, 0.4) is 0 Å². The zero-order valence-corrected chi connectivity index (χ0v) is 16.2. The van der Waals surface area contributed by atoms with Crippen LogP contribution in [-0.2, 0) is 10.4 Å². The van der Waals surface area contributed by atoms with Crippen molar-refractivity contribution in [2.75, 3.05) is 25.1 Å².